The average molecular weight is 287 g/mol. The summed E-state index contributed by atoms with van der Waals surface area (Å²) in [5, 5.41) is 9.39. The van der Waals surface area contributed by atoms with Gasteiger partial charge in [0.05, 0.1) is 6.20 Å². The van der Waals surface area contributed by atoms with Crippen LogP contribution in [0.4, 0.5) is 5.00 Å². The number of para-hydroxylation sites is 1. The average Bonchev–Trinajstić information content (AvgIpc) is 3.10. The summed E-state index contributed by atoms with van der Waals surface area (Å²) in [6.45, 7) is 2.95. The van der Waals surface area contributed by atoms with E-state index in [9.17, 15) is 0 Å². The first-order valence-corrected chi connectivity index (χ1v) is 7.66. The second-order valence-electron chi connectivity index (χ2n) is 4.74. The highest BCUT2D eigenvalue weighted by molar-refractivity contribution is 7.09. The van der Waals surface area contributed by atoms with Gasteiger partial charge >= 0.3 is 0 Å². The Morgan fingerprint density at radius 1 is 1.30 bits per heavy atom. The zero-order chi connectivity index (χ0) is 13.8. The summed E-state index contributed by atoms with van der Waals surface area (Å²) in [6, 6.07) is 8.22. The summed E-state index contributed by atoms with van der Waals surface area (Å²) in [7, 11) is 0. The maximum Gasteiger partial charge on any atom is 0.134 e. The van der Waals surface area contributed by atoms with Crippen molar-refractivity contribution in [3.8, 4) is 0 Å². The predicted molar refractivity (Wildman–Crippen MR) is 82.1 cm³/mol. The van der Waals surface area contributed by atoms with Crippen LogP contribution in [0.5, 0.6) is 0 Å². The van der Waals surface area contributed by atoms with Gasteiger partial charge in [-0.25, -0.2) is 0 Å². The van der Waals surface area contributed by atoms with E-state index in [4.69, 9.17) is 4.42 Å². The number of furan rings is 1. The van der Waals surface area contributed by atoms with E-state index in [1.807, 2.05) is 12.1 Å². The number of nitrogens with one attached hydrogen (secondary N) is 1. The van der Waals surface area contributed by atoms with Crippen LogP contribution in [0, 0.1) is 0 Å². The van der Waals surface area contributed by atoms with Crippen molar-refractivity contribution >= 4 is 27.5 Å². The smallest absolute Gasteiger partial charge is 0.134 e. The summed E-state index contributed by atoms with van der Waals surface area (Å²) < 4.78 is 9.87. The standard InChI is InChI=1S/C15H17N3OS/c1-2-3-7-14-12(9-16-15-10-17-18-20-15)11-6-4-5-8-13(11)19-14/h4-6,8,10,16H,2-3,7,9H2,1H3. The third-order valence-corrected chi connectivity index (χ3v) is 3.96. The van der Waals surface area contributed by atoms with Gasteiger partial charge in [-0.3, -0.25) is 0 Å². The van der Waals surface area contributed by atoms with E-state index in [-0.39, 0.29) is 0 Å². The second-order valence-corrected chi connectivity index (χ2v) is 5.52. The molecule has 0 saturated carbocycles. The largest absolute Gasteiger partial charge is 0.461 e. The summed E-state index contributed by atoms with van der Waals surface area (Å²) >= 11 is 1.37. The Hall–Kier alpha value is -1.88. The molecule has 3 rings (SSSR count). The van der Waals surface area contributed by atoms with Gasteiger partial charge < -0.3 is 9.73 Å². The molecule has 0 bridgehead atoms. The molecule has 1 N–H and O–H groups in total. The first-order valence-electron chi connectivity index (χ1n) is 6.89. The van der Waals surface area contributed by atoms with Crippen molar-refractivity contribution in [2.75, 3.05) is 5.32 Å². The number of aryl methyl sites for hydroxylation is 1. The molecule has 4 nitrogen and oxygen atoms in total. The summed E-state index contributed by atoms with van der Waals surface area (Å²) in [4.78, 5) is 0. The Balaban J connectivity index is 1.89. The molecule has 5 heteroatoms. The number of hydrogen-bond acceptors (Lipinski definition) is 5. The zero-order valence-corrected chi connectivity index (χ0v) is 12.2. The zero-order valence-electron chi connectivity index (χ0n) is 11.4. The van der Waals surface area contributed by atoms with Gasteiger partial charge in [-0.2, -0.15) is 0 Å². The molecule has 2 aromatic heterocycles. The van der Waals surface area contributed by atoms with Crippen molar-refractivity contribution in [3.05, 3.63) is 41.8 Å². The van der Waals surface area contributed by atoms with E-state index >= 15 is 0 Å². The number of aromatic nitrogens is 2. The molecule has 0 atom stereocenters. The fraction of sp³-hybridized carbons (Fsp3) is 0.333. The molecule has 20 heavy (non-hydrogen) atoms. The SMILES string of the molecule is CCCCc1oc2ccccc2c1CNc1cnns1. The molecular weight excluding hydrogens is 270 g/mol. The molecule has 0 spiro atoms. The van der Waals surface area contributed by atoms with E-state index < -0.39 is 0 Å². The van der Waals surface area contributed by atoms with Gasteiger partial charge in [0.15, 0.2) is 0 Å². The quantitative estimate of drug-likeness (QED) is 0.736. The van der Waals surface area contributed by atoms with Gasteiger partial charge in [0, 0.05) is 35.4 Å². The molecule has 0 amide bonds. The van der Waals surface area contributed by atoms with E-state index in [1.54, 1.807) is 6.20 Å². The number of fused-ring (bicyclic) bond motifs is 1. The maximum atomic E-state index is 6.00. The number of benzene rings is 1. The molecular formula is C15H17N3OS. The Labute approximate surface area is 122 Å². The minimum absolute atomic E-state index is 0.750. The second kappa shape index (κ2) is 6.05. The molecule has 0 saturated heterocycles. The van der Waals surface area contributed by atoms with Crippen molar-refractivity contribution < 1.29 is 4.42 Å². The summed E-state index contributed by atoms with van der Waals surface area (Å²) in [5.41, 5.74) is 2.22. The highest BCUT2D eigenvalue weighted by Gasteiger charge is 2.13. The fourth-order valence-corrected chi connectivity index (χ4v) is 2.72. The van der Waals surface area contributed by atoms with Crippen molar-refractivity contribution in [1.29, 1.82) is 0 Å². The third kappa shape index (κ3) is 2.67. The molecule has 0 aliphatic heterocycles. The lowest BCUT2D eigenvalue weighted by Gasteiger charge is -2.04. The fourth-order valence-electron chi connectivity index (χ4n) is 2.30. The highest BCUT2D eigenvalue weighted by atomic mass is 32.1. The number of rotatable bonds is 6. The molecule has 0 fully saturated rings. The first-order chi connectivity index (χ1) is 9.88. The molecule has 104 valence electrons. The van der Waals surface area contributed by atoms with Crippen LogP contribution in [0.15, 0.2) is 34.9 Å². The summed E-state index contributed by atoms with van der Waals surface area (Å²) in [5.74, 6) is 1.10. The van der Waals surface area contributed by atoms with Crippen molar-refractivity contribution in [2.24, 2.45) is 0 Å². The molecule has 0 radical (unpaired) electrons. The molecule has 0 aliphatic carbocycles. The van der Waals surface area contributed by atoms with Crippen LogP contribution in [0.3, 0.4) is 0 Å². The first kappa shape index (κ1) is 13.1. The highest BCUT2D eigenvalue weighted by Crippen LogP contribution is 2.28. The van der Waals surface area contributed by atoms with E-state index in [1.165, 1.54) is 28.9 Å². The van der Waals surface area contributed by atoms with E-state index in [0.717, 1.165) is 35.7 Å². The minimum Gasteiger partial charge on any atom is -0.461 e. The van der Waals surface area contributed by atoms with Crippen LogP contribution >= 0.6 is 11.5 Å². The van der Waals surface area contributed by atoms with Gasteiger partial charge in [0.2, 0.25) is 0 Å². The van der Waals surface area contributed by atoms with E-state index in [0.29, 0.717) is 0 Å². The Bertz CT molecular complexity index is 676. The molecule has 0 unspecified atom stereocenters. The normalized spacial score (nSPS) is 11.1. The maximum absolute atomic E-state index is 6.00. The van der Waals surface area contributed by atoms with Gasteiger partial charge in [0.1, 0.15) is 16.3 Å². The van der Waals surface area contributed by atoms with Gasteiger partial charge in [-0.05, 0) is 12.5 Å². The minimum atomic E-state index is 0.750. The van der Waals surface area contributed by atoms with Crippen molar-refractivity contribution in [1.82, 2.24) is 9.59 Å². The van der Waals surface area contributed by atoms with Gasteiger partial charge in [-0.15, -0.1) is 5.10 Å². The van der Waals surface area contributed by atoms with Crippen LogP contribution < -0.4 is 5.32 Å². The monoisotopic (exact) mass is 287 g/mol. The van der Waals surface area contributed by atoms with Gasteiger partial charge in [0.25, 0.3) is 0 Å². The number of unbranched alkanes of at least 4 members (excludes halogenated alkanes) is 1. The molecule has 3 aromatic rings. The summed E-state index contributed by atoms with van der Waals surface area (Å²) in [6.07, 6.45) is 5.05. The Morgan fingerprint density at radius 2 is 2.20 bits per heavy atom. The lowest BCUT2D eigenvalue weighted by Crippen LogP contribution is -2.00. The third-order valence-electron chi connectivity index (χ3n) is 3.34. The number of hydrogen-bond donors (Lipinski definition) is 1. The Kier molecular flexibility index (Phi) is 3.97. The van der Waals surface area contributed by atoms with Crippen LogP contribution in [-0.4, -0.2) is 9.59 Å². The van der Waals surface area contributed by atoms with Crippen LogP contribution in [0.2, 0.25) is 0 Å². The molecule has 2 heterocycles. The lowest BCUT2D eigenvalue weighted by atomic mass is 10.1. The number of nitrogens with zero attached hydrogens (tertiary/aromatic N) is 2. The van der Waals surface area contributed by atoms with E-state index in [2.05, 4.69) is 34.0 Å². The van der Waals surface area contributed by atoms with Crippen LogP contribution in [-0.2, 0) is 13.0 Å². The molecule has 0 aliphatic rings. The van der Waals surface area contributed by atoms with Gasteiger partial charge in [-0.1, -0.05) is 36.0 Å². The Morgan fingerprint density at radius 3 is 3.00 bits per heavy atom. The van der Waals surface area contributed by atoms with Crippen LogP contribution in [0.1, 0.15) is 31.1 Å². The molecule has 1 aromatic carbocycles. The number of anilines is 1. The van der Waals surface area contributed by atoms with Crippen LogP contribution in [0.25, 0.3) is 11.0 Å². The lowest BCUT2D eigenvalue weighted by molar-refractivity contribution is 0.531. The predicted octanol–water partition coefficient (Wildman–Crippen LogP) is 4.24. The topological polar surface area (TPSA) is 51.0 Å². The van der Waals surface area contributed by atoms with Crippen molar-refractivity contribution in [2.45, 2.75) is 32.7 Å². The van der Waals surface area contributed by atoms with Crippen molar-refractivity contribution in [3.63, 3.8) is 0 Å².